The maximum Gasteiger partial charge on any atom is 0.146 e. The zero-order valence-corrected chi connectivity index (χ0v) is 11.2. The van der Waals surface area contributed by atoms with Gasteiger partial charge in [-0.25, -0.2) is 4.39 Å². The second kappa shape index (κ2) is 5.98. The van der Waals surface area contributed by atoms with Crippen LogP contribution in [0.25, 0.3) is 0 Å². The number of anilines is 1. The van der Waals surface area contributed by atoms with Gasteiger partial charge < -0.3 is 10.6 Å². The Morgan fingerprint density at radius 3 is 2.78 bits per heavy atom. The highest BCUT2D eigenvalue weighted by Gasteiger charge is 2.13. The summed E-state index contributed by atoms with van der Waals surface area (Å²) in [5.74, 6) is -0.181. The highest BCUT2D eigenvalue weighted by atomic mass is 32.1. The van der Waals surface area contributed by atoms with E-state index >= 15 is 0 Å². The Morgan fingerprint density at radius 1 is 1.28 bits per heavy atom. The molecule has 0 aliphatic rings. The normalized spacial score (nSPS) is 10.6. The number of nitrogens with two attached hydrogens (primary N) is 1. The van der Waals surface area contributed by atoms with E-state index in [0.717, 1.165) is 12.1 Å². The van der Waals surface area contributed by atoms with Crippen LogP contribution in [0.2, 0.25) is 0 Å². The van der Waals surface area contributed by atoms with E-state index in [0.29, 0.717) is 18.7 Å². The summed E-state index contributed by atoms with van der Waals surface area (Å²) in [6.07, 6.45) is 0.696. The fraction of sp³-hybridized carbons (Fsp3) is 0.286. The first kappa shape index (κ1) is 13.1. The zero-order chi connectivity index (χ0) is 13.0. The summed E-state index contributed by atoms with van der Waals surface area (Å²) < 4.78 is 14.0. The van der Waals surface area contributed by atoms with Crippen LogP contribution in [-0.2, 0) is 13.0 Å². The fourth-order valence-electron chi connectivity index (χ4n) is 2.06. The molecule has 1 heterocycles. The molecule has 0 radical (unpaired) electrons. The third-order valence-corrected chi connectivity index (χ3v) is 3.70. The molecular weight excluding hydrogens is 247 g/mol. The van der Waals surface area contributed by atoms with Crippen LogP contribution >= 0.6 is 11.3 Å². The van der Waals surface area contributed by atoms with E-state index in [-0.39, 0.29) is 5.82 Å². The van der Waals surface area contributed by atoms with E-state index < -0.39 is 0 Å². The van der Waals surface area contributed by atoms with Crippen molar-refractivity contribution >= 4 is 17.0 Å². The van der Waals surface area contributed by atoms with E-state index in [1.165, 1.54) is 10.9 Å². The van der Waals surface area contributed by atoms with Crippen LogP contribution in [-0.4, -0.2) is 13.6 Å². The summed E-state index contributed by atoms with van der Waals surface area (Å²) in [7, 11) is 1.91. The van der Waals surface area contributed by atoms with Crippen molar-refractivity contribution in [1.82, 2.24) is 0 Å². The van der Waals surface area contributed by atoms with Crippen LogP contribution in [0.15, 0.2) is 35.7 Å². The summed E-state index contributed by atoms with van der Waals surface area (Å²) >= 11 is 1.68. The standard InChI is InChI=1S/C14H17FN2S/c1-17(10-12-5-3-9-18-12)14-11(7-8-16)4-2-6-13(14)15/h2-6,9H,7-8,10,16H2,1H3. The average Bonchev–Trinajstić information content (AvgIpc) is 2.82. The van der Waals surface area contributed by atoms with Gasteiger partial charge in [0.1, 0.15) is 5.82 Å². The van der Waals surface area contributed by atoms with E-state index in [9.17, 15) is 4.39 Å². The minimum atomic E-state index is -0.181. The first-order valence-corrected chi connectivity index (χ1v) is 6.81. The number of benzene rings is 1. The molecule has 0 saturated heterocycles. The van der Waals surface area contributed by atoms with Gasteiger partial charge in [-0.05, 0) is 36.0 Å². The van der Waals surface area contributed by atoms with Crippen molar-refractivity contribution in [3.05, 3.63) is 52.0 Å². The van der Waals surface area contributed by atoms with Crippen LogP contribution in [0, 0.1) is 5.82 Å². The van der Waals surface area contributed by atoms with E-state index in [4.69, 9.17) is 5.73 Å². The van der Waals surface area contributed by atoms with Crippen LogP contribution in [0.5, 0.6) is 0 Å². The van der Waals surface area contributed by atoms with Gasteiger partial charge in [-0.15, -0.1) is 11.3 Å². The molecule has 96 valence electrons. The molecule has 18 heavy (non-hydrogen) atoms. The topological polar surface area (TPSA) is 29.3 Å². The quantitative estimate of drug-likeness (QED) is 0.899. The number of nitrogens with zero attached hydrogens (tertiary/aromatic N) is 1. The van der Waals surface area contributed by atoms with Crippen molar-refractivity contribution in [2.45, 2.75) is 13.0 Å². The number of thiophene rings is 1. The van der Waals surface area contributed by atoms with Crippen LogP contribution in [0.1, 0.15) is 10.4 Å². The molecule has 0 aliphatic heterocycles. The Balaban J connectivity index is 2.25. The summed E-state index contributed by atoms with van der Waals surface area (Å²) in [6, 6.07) is 9.25. The van der Waals surface area contributed by atoms with Crippen LogP contribution < -0.4 is 10.6 Å². The monoisotopic (exact) mass is 264 g/mol. The first-order valence-electron chi connectivity index (χ1n) is 5.93. The van der Waals surface area contributed by atoms with Crippen molar-refractivity contribution in [3.63, 3.8) is 0 Å². The lowest BCUT2D eigenvalue weighted by Crippen LogP contribution is -2.19. The minimum absolute atomic E-state index is 0.181. The predicted molar refractivity (Wildman–Crippen MR) is 75.6 cm³/mol. The lowest BCUT2D eigenvalue weighted by molar-refractivity contribution is 0.619. The van der Waals surface area contributed by atoms with Gasteiger partial charge in [0.2, 0.25) is 0 Å². The van der Waals surface area contributed by atoms with Crippen LogP contribution in [0.4, 0.5) is 10.1 Å². The Kier molecular flexibility index (Phi) is 4.33. The first-order chi connectivity index (χ1) is 8.72. The van der Waals surface area contributed by atoms with Gasteiger partial charge in [0, 0.05) is 11.9 Å². The van der Waals surface area contributed by atoms with Gasteiger partial charge in [0.05, 0.1) is 12.2 Å². The van der Waals surface area contributed by atoms with Crippen molar-refractivity contribution < 1.29 is 4.39 Å². The molecule has 0 spiro atoms. The molecule has 0 fully saturated rings. The summed E-state index contributed by atoms with van der Waals surface area (Å²) in [4.78, 5) is 3.17. The number of halogens is 1. The molecule has 0 aliphatic carbocycles. The third kappa shape index (κ3) is 2.89. The summed E-state index contributed by atoms with van der Waals surface area (Å²) in [6.45, 7) is 1.25. The van der Waals surface area contributed by atoms with Gasteiger partial charge in [-0.3, -0.25) is 0 Å². The average molecular weight is 264 g/mol. The highest BCUT2D eigenvalue weighted by molar-refractivity contribution is 7.09. The molecule has 0 bridgehead atoms. The maximum absolute atomic E-state index is 14.0. The van der Waals surface area contributed by atoms with E-state index in [1.807, 2.05) is 29.5 Å². The molecule has 0 amide bonds. The molecule has 0 unspecified atom stereocenters. The Hall–Kier alpha value is -1.39. The minimum Gasteiger partial charge on any atom is -0.367 e. The lowest BCUT2D eigenvalue weighted by Gasteiger charge is -2.22. The van der Waals surface area contributed by atoms with Gasteiger partial charge in [0.25, 0.3) is 0 Å². The molecule has 0 saturated carbocycles. The molecule has 2 aromatic rings. The summed E-state index contributed by atoms with van der Waals surface area (Å²) in [5, 5.41) is 2.03. The van der Waals surface area contributed by atoms with E-state index in [2.05, 4.69) is 6.07 Å². The smallest absolute Gasteiger partial charge is 0.146 e. The Morgan fingerprint density at radius 2 is 2.11 bits per heavy atom. The number of rotatable bonds is 5. The predicted octanol–water partition coefficient (Wildman–Crippen LogP) is 3.02. The van der Waals surface area contributed by atoms with Crippen LogP contribution in [0.3, 0.4) is 0 Å². The fourth-order valence-corrected chi connectivity index (χ4v) is 2.82. The molecule has 4 heteroatoms. The molecule has 2 rings (SSSR count). The SMILES string of the molecule is CN(Cc1cccs1)c1c(F)cccc1CCN. The molecular formula is C14H17FN2S. The third-order valence-electron chi connectivity index (χ3n) is 2.84. The summed E-state index contributed by atoms with van der Waals surface area (Å²) in [5.41, 5.74) is 7.21. The largest absolute Gasteiger partial charge is 0.367 e. The Labute approximate surface area is 111 Å². The second-order valence-corrected chi connectivity index (χ2v) is 5.25. The second-order valence-electron chi connectivity index (χ2n) is 4.22. The molecule has 1 aromatic carbocycles. The van der Waals surface area contributed by atoms with Crippen molar-refractivity contribution in [1.29, 1.82) is 0 Å². The molecule has 1 aromatic heterocycles. The van der Waals surface area contributed by atoms with Gasteiger partial charge in [-0.1, -0.05) is 18.2 Å². The number of hydrogen-bond acceptors (Lipinski definition) is 3. The Bertz CT molecular complexity index is 497. The van der Waals surface area contributed by atoms with Crippen molar-refractivity contribution in [3.8, 4) is 0 Å². The number of para-hydroxylation sites is 1. The van der Waals surface area contributed by atoms with Crippen molar-refractivity contribution in [2.24, 2.45) is 5.73 Å². The van der Waals surface area contributed by atoms with Gasteiger partial charge in [0.15, 0.2) is 0 Å². The van der Waals surface area contributed by atoms with Gasteiger partial charge >= 0.3 is 0 Å². The van der Waals surface area contributed by atoms with Crippen molar-refractivity contribution in [2.75, 3.05) is 18.5 Å². The zero-order valence-electron chi connectivity index (χ0n) is 10.4. The van der Waals surface area contributed by atoms with E-state index in [1.54, 1.807) is 17.4 Å². The lowest BCUT2D eigenvalue weighted by atomic mass is 10.1. The molecule has 2 nitrogen and oxygen atoms in total. The molecule has 0 atom stereocenters. The molecule has 2 N–H and O–H groups in total. The number of hydrogen-bond donors (Lipinski definition) is 1. The van der Waals surface area contributed by atoms with Gasteiger partial charge in [-0.2, -0.15) is 0 Å². The highest BCUT2D eigenvalue weighted by Crippen LogP contribution is 2.26. The maximum atomic E-state index is 14.0.